The molecule has 1 aliphatic heterocycles. The molecule has 0 radical (unpaired) electrons. The molecule has 0 aliphatic carbocycles. The Kier molecular flexibility index (Phi) is 12.9. The second-order valence-electron chi connectivity index (χ2n) is 5.69. The number of unbranched alkanes of at least 4 members (excludes halogenated alkanes) is 9. The fourth-order valence-electron chi connectivity index (χ4n) is 2.54. The van der Waals surface area contributed by atoms with E-state index in [-0.39, 0.29) is 18.9 Å². The van der Waals surface area contributed by atoms with Crippen molar-refractivity contribution in [3.05, 3.63) is 12.4 Å². The third-order valence-electron chi connectivity index (χ3n) is 3.74. The van der Waals surface area contributed by atoms with E-state index in [0.29, 0.717) is 0 Å². The molecule has 0 aromatic rings. The van der Waals surface area contributed by atoms with Crippen LogP contribution < -0.4 is 0 Å². The van der Waals surface area contributed by atoms with E-state index in [0.717, 1.165) is 6.67 Å². The molecule has 0 aromatic carbocycles. The normalized spacial score (nSPS) is 14.0. The molecule has 3 heteroatoms. The van der Waals surface area contributed by atoms with Gasteiger partial charge >= 0.3 is 18.9 Å². The average molecular weight is 260 g/mol. The van der Waals surface area contributed by atoms with Gasteiger partial charge in [0.05, 0.1) is 6.67 Å². The maximum atomic E-state index is 2.41. The van der Waals surface area contributed by atoms with Gasteiger partial charge in [0.1, 0.15) is 0 Å². The van der Waals surface area contributed by atoms with E-state index in [1.807, 2.05) is 0 Å². The van der Waals surface area contributed by atoms with Crippen LogP contribution in [-0.2, 0) is 0 Å². The fourth-order valence-corrected chi connectivity index (χ4v) is 2.54. The summed E-state index contributed by atoms with van der Waals surface area (Å²) in [5, 5.41) is 0. The third-order valence-corrected chi connectivity index (χ3v) is 3.74. The van der Waals surface area contributed by atoms with E-state index in [4.69, 9.17) is 0 Å². The van der Waals surface area contributed by atoms with E-state index < -0.39 is 0 Å². The van der Waals surface area contributed by atoms with Crippen molar-refractivity contribution < 1.29 is 0 Å². The topological polar surface area (TPSA) is 6.48 Å². The van der Waals surface area contributed by atoms with Gasteiger partial charge in [0.25, 0.3) is 0 Å². The average Bonchev–Trinajstić information content (AvgIpc) is 2.77. The molecular weight excluding hydrogens is 227 g/mol. The Morgan fingerprint density at radius 3 is 1.79 bits per heavy atom. The van der Waals surface area contributed by atoms with Gasteiger partial charge in [0, 0.05) is 26.0 Å². The summed E-state index contributed by atoms with van der Waals surface area (Å²) < 4.78 is 0. The molecule has 0 aromatic heterocycles. The Labute approximate surface area is 132 Å². The standard InChI is InChI=1S/C16H32N2.Li.H/c1-3-4-5-6-7-8-9-10-11-12-13-18-15-14-17(2)16-18;;/h14-15H,3-13,16H2,1-2H3;;. The Hall–Kier alpha value is -0.0626. The zero-order valence-corrected chi connectivity index (χ0v) is 12.5. The third kappa shape index (κ3) is 10.4. The molecule has 0 N–H and O–H groups in total. The van der Waals surface area contributed by atoms with Crippen molar-refractivity contribution in [3.8, 4) is 0 Å². The summed E-state index contributed by atoms with van der Waals surface area (Å²) >= 11 is 0. The van der Waals surface area contributed by atoms with Crippen LogP contribution in [0.2, 0.25) is 0 Å². The molecule has 108 valence electrons. The van der Waals surface area contributed by atoms with Crippen molar-refractivity contribution in [2.24, 2.45) is 0 Å². The minimum atomic E-state index is 0. The molecule has 19 heavy (non-hydrogen) atoms. The predicted molar refractivity (Wildman–Crippen MR) is 87.5 cm³/mol. The van der Waals surface area contributed by atoms with E-state index in [9.17, 15) is 0 Å². The minimum absolute atomic E-state index is 0. The molecule has 0 bridgehead atoms. The summed E-state index contributed by atoms with van der Waals surface area (Å²) in [6, 6.07) is 0. The van der Waals surface area contributed by atoms with Crippen LogP contribution in [0.15, 0.2) is 12.4 Å². The first-order valence-electron chi connectivity index (χ1n) is 7.95. The predicted octanol–water partition coefficient (Wildman–Crippen LogP) is 3.93. The van der Waals surface area contributed by atoms with E-state index >= 15 is 0 Å². The summed E-state index contributed by atoms with van der Waals surface area (Å²) in [5.74, 6) is 0. The van der Waals surface area contributed by atoms with Gasteiger partial charge in [-0.25, -0.2) is 0 Å². The number of nitrogens with zero attached hydrogens (tertiary/aromatic N) is 2. The summed E-state index contributed by atoms with van der Waals surface area (Å²) in [4.78, 5) is 4.64. The Balaban J connectivity index is 0.00000324. The van der Waals surface area contributed by atoms with Crippen LogP contribution in [0.5, 0.6) is 0 Å². The van der Waals surface area contributed by atoms with Crippen LogP contribution in [0.4, 0.5) is 0 Å². The van der Waals surface area contributed by atoms with Crippen molar-refractivity contribution in [1.82, 2.24) is 9.80 Å². The Morgan fingerprint density at radius 2 is 1.32 bits per heavy atom. The van der Waals surface area contributed by atoms with Crippen LogP contribution in [0.3, 0.4) is 0 Å². The van der Waals surface area contributed by atoms with E-state index in [1.165, 1.54) is 70.8 Å². The van der Waals surface area contributed by atoms with E-state index in [1.54, 1.807) is 0 Å². The molecule has 1 rings (SSSR count). The molecule has 0 unspecified atom stereocenters. The maximum absolute atomic E-state index is 2.41. The summed E-state index contributed by atoms with van der Waals surface area (Å²) in [6.45, 7) is 4.60. The Morgan fingerprint density at radius 1 is 0.789 bits per heavy atom. The van der Waals surface area contributed by atoms with Crippen LogP contribution in [0, 0.1) is 0 Å². The zero-order chi connectivity index (χ0) is 13.1. The van der Waals surface area contributed by atoms with Crippen molar-refractivity contribution in [2.45, 2.75) is 71.1 Å². The molecule has 1 heterocycles. The van der Waals surface area contributed by atoms with E-state index in [2.05, 4.69) is 36.2 Å². The van der Waals surface area contributed by atoms with Crippen molar-refractivity contribution >= 4 is 18.9 Å². The van der Waals surface area contributed by atoms with Crippen LogP contribution in [-0.4, -0.2) is 48.9 Å². The van der Waals surface area contributed by atoms with Crippen LogP contribution in [0.1, 0.15) is 71.1 Å². The van der Waals surface area contributed by atoms with Gasteiger partial charge in [-0.1, -0.05) is 64.7 Å². The second-order valence-corrected chi connectivity index (χ2v) is 5.69. The molecule has 0 saturated carbocycles. The van der Waals surface area contributed by atoms with Gasteiger partial charge in [0.15, 0.2) is 0 Å². The number of hydrogen-bond donors (Lipinski definition) is 0. The van der Waals surface area contributed by atoms with Gasteiger partial charge in [-0.3, -0.25) is 0 Å². The molecule has 1 aliphatic rings. The van der Waals surface area contributed by atoms with Crippen molar-refractivity contribution in [3.63, 3.8) is 0 Å². The first-order valence-corrected chi connectivity index (χ1v) is 7.95. The molecule has 0 atom stereocenters. The first-order chi connectivity index (χ1) is 8.83. The van der Waals surface area contributed by atoms with Crippen molar-refractivity contribution in [2.75, 3.05) is 20.3 Å². The van der Waals surface area contributed by atoms with Gasteiger partial charge in [-0.05, 0) is 6.42 Å². The van der Waals surface area contributed by atoms with Crippen LogP contribution >= 0.6 is 0 Å². The molecule has 0 fully saturated rings. The Bertz CT molecular complexity index is 219. The fraction of sp³-hybridized carbons (Fsp3) is 0.875. The second kappa shape index (κ2) is 12.9. The summed E-state index contributed by atoms with van der Waals surface area (Å²) in [6.07, 6.45) is 18.6. The van der Waals surface area contributed by atoms with Crippen molar-refractivity contribution in [1.29, 1.82) is 0 Å². The first kappa shape index (κ1) is 18.9. The SMILES string of the molecule is CCCCCCCCCCCCN1C=CN(C)C1.[LiH]. The quantitative estimate of drug-likeness (QED) is 0.410. The van der Waals surface area contributed by atoms with Gasteiger partial charge in [0.2, 0.25) is 0 Å². The molecule has 0 spiro atoms. The zero-order valence-electron chi connectivity index (χ0n) is 12.5. The molecule has 0 saturated heterocycles. The van der Waals surface area contributed by atoms with Gasteiger partial charge < -0.3 is 9.80 Å². The number of hydrogen-bond acceptors (Lipinski definition) is 2. The van der Waals surface area contributed by atoms with Crippen LogP contribution in [0.25, 0.3) is 0 Å². The number of rotatable bonds is 11. The monoisotopic (exact) mass is 260 g/mol. The molecular formula is C16H33LiN2. The van der Waals surface area contributed by atoms with Gasteiger partial charge in [-0.2, -0.15) is 0 Å². The molecule has 2 nitrogen and oxygen atoms in total. The summed E-state index contributed by atoms with van der Waals surface area (Å²) in [7, 11) is 2.13. The molecule has 0 amide bonds. The summed E-state index contributed by atoms with van der Waals surface area (Å²) in [5.41, 5.74) is 0. The van der Waals surface area contributed by atoms with Gasteiger partial charge in [-0.15, -0.1) is 0 Å².